The van der Waals surface area contributed by atoms with Gasteiger partial charge in [0, 0.05) is 35.1 Å². The summed E-state index contributed by atoms with van der Waals surface area (Å²) in [6.45, 7) is 7.83. The fourth-order valence-corrected chi connectivity index (χ4v) is 5.32. The normalized spacial score (nSPS) is 14.7. The first-order valence-electron chi connectivity index (χ1n) is 12.4. The lowest BCUT2D eigenvalue weighted by Gasteiger charge is -2.30. The Morgan fingerprint density at radius 3 is 2.54 bits per heavy atom. The van der Waals surface area contributed by atoms with E-state index in [1.807, 2.05) is 35.9 Å². The maximum Gasteiger partial charge on any atom is 0.234 e. The van der Waals surface area contributed by atoms with Crippen LogP contribution in [0.3, 0.4) is 0 Å². The number of piperidine rings is 1. The summed E-state index contributed by atoms with van der Waals surface area (Å²) in [5, 5.41) is 12.9. The van der Waals surface area contributed by atoms with E-state index in [0.717, 1.165) is 55.8 Å². The average molecular weight is 494 g/mol. The number of amides is 2. The molecule has 0 atom stereocenters. The molecule has 4 rings (SSSR count). The van der Waals surface area contributed by atoms with Crippen LogP contribution >= 0.6 is 11.3 Å². The van der Waals surface area contributed by atoms with E-state index in [2.05, 4.69) is 51.1 Å². The van der Waals surface area contributed by atoms with Crippen LogP contribution < -0.4 is 10.6 Å². The van der Waals surface area contributed by atoms with Crippen LogP contribution in [0.2, 0.25) is 0 Å². The van der Waals surface area contributed by atoms with Crippen LogP contribution in [0.1, 0.15) is 40.2 Å². The molecule has 3 aromatic rings. The fraction of sp³-hybridized carbons (Fsp3) is 0.444. The van der Waals surface area contributed by atoms with Gasteiger partial charge < -0.3 is 10.6 Å². The van der Waals surface area contributed by atoms with Gasteiger partial charge in [0.15, 0.2) is 0 Å². The second-order valence-corrected chi connectivity index (χ2v) is 10.3. The molecule has 0 unspecified atom stereocenters. The summed E-state index contributed by atoms with van der Waals surface area (Å²) in [6.07, 6.45) is 2.47. The van der Waals surface area contributed by atoms with Crippen molar-refractivity contribution in [2.24, 2.45) is 5.92 Å². The topological polar surface area (TPSA) is 79.3 Å². The molecule has 1 aliphatic heterocycles. The second-order valence-electron chi connectivity index (χ2n) is 9.24. The van der Waals surface area contributed by atoms with E-state index in [1.165, 1.54) is 10.4 Å². The molecule has 1 fully saturated rings. The molecule has 0 spiro atoms. The number of carbonyl (C=O) groups excluding carboxylic acids is 2. The Hall–Kier alpha value is -2.97. The number of benzene rings is 1. The van der Waals surface area contributed by atoms with Gasteiger partial charge in [0.05, 0.1) is 18.8 Å². The van der Waals surface area contributed by atoms with Gasteiger partial charge in [0.1, 0.15) is 0 Å². The SMILES string of the molecule is Cc1nn(Cc2ccccc2)c(C)c1CNC(=O)CN1CCC(C(=O)NCCc2cccs2)CC1. The highest BCUT2D eigenvalue weighted by Gasteiger charge is 2.25. The van der Waals surface area contributed by atoms with Gasteiger partial charge in [0.25, 0.3) is 0 Å². The van der Waals surface area contributed by atoms with E-state index in [1.54, 1.807) is 11.3 Å². The number of rotatable bonds is 10. The van der Waals surface area contributed by atoms with Crippen LogP contribution in [0.25, 0.3) is 0 Å². The number of carbonyl (C=O) groups is 2. The molecule has 3 heterocycles. The number of hydrogen-bond acceptors (Lipinski definition) is 5. The lowest BCUT2D eigenvalue weighted by molar-refractivity contribution is -0.126. The predicted octanol–water partition coefficient (Wildman–Crippen LogP) is 3.30. The minimum absolute atomic E-state index is 0.0125. The van der Waals surface area contributed by atoms with E-state index in [9.17, 15) is 9.59 Å². The quantitative estimate of drug-likeness (QED) is 0.454. The molecule has 2 N–H and O–H groups in total. The van der Waals surface area contributed by atoms with Crippen LogP contribution in [0.4, 0.5) is 0 Å². The van der Waals surface area contributed by atoms with E-state index in [4.69, 9.17) is 0 Å². The Kier molecular flexibility index (Phi) is 8.71. The zero-order valence-electron chi connectivity index (χ0n) is 20.6. The molecule has 1 saturated heterocycles. The number of thiophene rings is 1. The zero-order chi connectivity index (χ0) is 24.6. The highest BCUT2D eigenvalue weighted by molar-refractivity contribution is 7.09. The van der Waals surface area contributed by atoms with Crippen LogP contribution in [0.5, 0.6) is 0 Å². The number of aryl methyl sites for hydroxylation is 1. The Balaban J connectivity index is 1.18. The molecular weight excluding hydrogens is 458 g/mol. The van der Waals surface area contributed by atoms with Crippen molar-refractivity contribution >= 4 is 23.2 Å². The second kappa shape index (κ2) is 12.1. The number of likely N-dealkylation sites (tertiary alicyclic amines) is 1. The highest BCUT2D eigenvalue weighted by Crippen LogP contribution is 2.18. The molecule has 186 valence electrons. The lowest BCUT2D eigenvalue weighted by Crippen LogP contribution is -2.44. The number of nitrogens with zero attached hydrogens (tertiary/aromatic N) is 3. The third-order valence-electron chi connectivity index (χ3n) is 6.75. The fourth-order valence-electron chi connectivity index (χ4n) is 4.61. The van der Waals surface area contributed by atoms with E-state index in [-0.39, 0.29) is 17.7 Å². The van der Waals surface area contributed by atoms with Gasteiger partial charge in [-0.15, -0.1) is 11.3 Å². The Morgan fingerprint density at radius 2 is 1.83 bits per heavy atom. The average Bonchev–Trinajstić information content (AvgIpc) is 3.47. The molecule has 2 amide bonds. The Labute approximate surface area is 211 Å². The summed E-state index contributed by atoms with van der Waals surface area (Å²) < 4.78 is 2.00. The van der Waals surface area contributed by atoms with E-state index >= 15 is 0 Å². The maximum absolute atomic E-state index is 12.6. The van der Waals surface area contributed by atoms with Crippen molar-refractivity contribution in [1.82, 2.24) is 25.3 Å². The molecule has 0 bridgehead atoms. The lowest BCUT2D eigenvalue weighted by atomic mass is 9.96. The monoisotopic (exact) mass is 493 g/mol. The Bertz CT molecular complexity index is 1100. The van der Waals surface area contributed by atoms with Crippen molar-refractivity contribution in [2.45, 2.75) is 46.2 Å². The summed E-state index contributed by atoms with van der Waals surface area (Å²) >= 11 is 1.72. The molecule has 0 saturated carbocycles. The van der Waals surface area contributed by atoms with Crippen LogP contribution in [0, 0.1) is 19.8 Å². The highest BCUT2D eigenvalue weighted by atomic mass is 32.1. The minimum atomic E-state index is 0.0125. The third-order valence-corrected chi connectivity index (χ3v) is 7.68. The first-order valence-corrected chi connectivity index (χ1v) is 13.2. The van der Waals surface area contributed by atoms with Crippen molar-refractivity contribution < 1.29 is 9.59 Å². The van der Waals surface area contributed by atoms with Gasteiger partial charge in [0.2, 0.25) is 11.8 Å². The van der Waals surface area contributed by atoms with Crippen molar-refractivity contribution in [3.8, 4) is 0 Å². The molecule has 7 nitrogen and oxygen atoms in total. The number of hydrogen-bond donors (Lipinski definition) is 2. The summed E-state index contributed by atoms with van der Waals surface area (Å²) in [5.74, 6) is 0.195. The van der Waals surface area contributed by atoms with E-state index < -0.39 is 0 Å². The number of aromatic nitrogens is 2. The van der Waals surface area contributed by atoms with Crippen LogP contribution in [-0.2, 0) is 29.1 Å². The molecule has 1 aliphatic rings. The summed E-state index contributed by atoms with van der Waals surface area (Å²) in [4.78, 5) is 28.5. The smallest absolute Gasteiger partial charge is 0.234 e. The summed E-state index contributed by atoms with van der Waals surface area (Å²) in [6, 6.07) is 14.4. The molecule has 8 heteroatoms. The number of nitrogens with one attached hydrogen (secondary N) is 2. The van der Waals surface area contributed by atoms with E-state index in [0.29, 0.717) is 19.6 Å². The standard InChI is InChI=1S/C27H35N5O2S/c1-20-25(21(2)32(30-20)18-22-7-4-3-5-8-22)17-29-26(33)19-31-14-11-23(12-15-31)27(34)28-13-10-24-9-6-16-35-24/h3-9,16,23H,10-15,17-19H2,1-2H3,(H,28,34)(H,29,33). The van der Waals surface area contributed by atoms with Gasteiger partial charge in [-0.3, -0.25) is 19.2 Å². The molecule has 0 aliphatic carbocycles. The predicted molar refractivity (Wildman–Crippen MR) is 139 cm³/mol. The van der Waals surface area contributed by atoms with Crippen molar-refractivity contribution in [1.29, 1.82) is 0 Å². The first kappa shape index (κ1) is 25.1. The molecule has 0 radical (unpaired) electrons. The Morgan fingerprint density at radius 1 is 1.06 bits per heavy atom. The molecule has 1 aromatic carbocycles. The van der Waals surface area contributed by atoms with Crippen molar-refractivity contribution in [3.05, 3.63) is 75.2 Å². The third kappa shape index (κ3) is 7.02. The first-order chi connectivity index (χ1) is 17.0. The van der Waals surface area contributed by atoms with Gasteiger partial charge in [-0.1, -0.05) is 36.4 Å². The van der Waals surface area contributed by atoms with Gasteiger partial charge in [-0.2, -0.15) is 5.10 Å². The van der Waals surface area contributed by atoms with Gasteiger partial charge >= 0.3 is 0 Å². The largest absolute Gasteiger partial charge is 0.355 e. The maximum atomic E-state index is 12.6. The molecule has 2 aromatic heterocycles. The molecular formula is C27H35N5O2S. The minimum Gasteiger partial charge on any atom is -0.355 e. The van der Waals surface area contributed by atoms with Crippen LogP contribution in [-0.4, -0.2) is 52.7 Å². The van der Waals surface area contributed by atoms with Crippen molar-refractivity contribution in [2.75, 3.05) is 26.2 Å². The van der Waals surface area contributed by atoms with Gasteiger partial charge in [-0.05, 0) is 63.2 Å². The summed E-state index contributed by atoms with van der Waals surface area (Å²) in [7, 11) is 0. The zero-order valence-corrected chi connectivity index (χ0v) is 21.4. The molecule has 35 heavy (non-hydrogen) atoms. The van der Waals surface area contributed by atoms with Crippen molar-refractivity contribution in [3.63, 3.8) is 0 Å². The van der Waals surface area contributed by atoms with Crippen LogP contribution in [0.15, 0.2) is 47.8 Å². The van der Waals surface area contributed by atoms with Gasteiger partial charge in [-0.25, -0.2) is 0 Å². The summed E-state index contributed by atoms with van der Waals surface area (Å²) in [5.41, 5.74) is 4.31.